The van der Waals surface area contributed by atoms with Crippen LogP contribution >= 0.6 is 11.8 Å². The summed E-state index contributed by atoms with van der Waals surface area (Å²) in [5, 5.41) is 3.27. The Kier molecular flexibility index (Phi) is 5.40. The standard InChI is InChI=1S/C8H15NS/c1-5-7(2)6-10-8(3)9-4/h6H,5H2,1-4H3/b7-6+,9-8?. The second-order valence-corrected chi connectivity index (χ2v) is 3.24. The second kappa shape index (κ2) is 5.54. The molecule has 0 N–H and O–H groups in total. The first-order valence-electron chi connectivity index (χ1n) is 3.46. The van der Waals surface area contributed by atoms with Crippen molar-refractivity contribution in [2.75, 3.05) is 7.05 Å². The van der Waals surface area contributed by atoms with Gasteiger partial charge in [0, 0.05) is 7.05 Å². The molecule has 0 aliphatic heterocycles. The minimum Gasteiger partial charge on any atom is -0.286 e. The Morgan fingerprint density at radius 2 is 2.10 bits per heavy atom. The molecular weight excluding hydrogens is 142 g/mol. The van der Waals surface area contributed by atoms with Crippen LogP contribution in [0.3, 0.4) is 0 Å². The summed E-state index contributed by atoms with van der Waals surface area (Å²) in [5.74, 6) is 0. The molecule has 58 valence electrons. The summed E-state index contributed by atoms with van der Waals surface area (Å²) in [6, 6.07) is 0. The molecule has 10 heavy (non-hydrogen) atoms. The third kappa shape index (κ3) is 4.62. The highest BCUT2D eigenvalue weighted by molar-refractivity contribution is 8.16. The zero-order valence-electron chi connectivity index (χ0n) is 7.14. The molecule has 2 heteroatoms. The fourth-order valence-corrected chi connectivity index (χ4v) is 0.966. The van der Waals surface area contributed by atoms with E-state index >= 15 is 0 Å². The van der Waals surface area contributed by atoms with Gasteiger partial charge in [-0.15, -0.1) is 0 Å². The summed E-state index contributed by atoms with van der Waals surface area (Å²) in [6.45, 7) is 6.31. The molecule has 0 unspecified atom stereocenters. The maximum absolute atomic E-state index is 4.03. The van der Waals surface area contributed by atoms with Crippen LogP contribution < -0.4 is 0 Å². The topological polar surface area (TPSA) is 12.4 Å². The van der Waals surface area contributed by atoms with Crippen molar-refractivity contribution in [3.8, 4) is 0 Å². The lowest BCUT2D eigenvalue weighted by molar-refractivity contribution is 1.11. The molecule has 0 saturated heterocycles. The fourth-order valence-electron chi connectivity index (χ4n) is 0.322. The van der Waals surface area contributed by atoms with Crippen molar-refractivity contribution in [3.05, 3.63) is 11.0 Å². The summed E-state index contributed by atoms with van der Waals surface area (Å²) < 4.78 is 0. The number of thioether (sulfide) groups is 1. The number of nitrogens with zero attached hydrogens (tertiary/aromatic N) is 1. The van der Waals surface area contributed by atoms with Gasteiger partial charge < -0.3 is 0 Å². The van der Waals surface area contributed by atoms with E-state index in [-0.39, 0.29) is 0 Å². The maximum Gasteiger partial charge on any atom is 0.0683 e. The minimum absolute atomic E-state index is 1.12. The molecule has 0 bridgehead atoms. The van der Waals surface area contributed by atoms with Gasteiger partial charge in [-0.2, -0.15) is 0 Å². The van der Waals surface area contributed by atoms with Gasteiger partial charge in [0.1, 0.15) is 0 Å². The highest BCUT2D eigenvalue weighted by atomic mass is 32.2. The van der Waals surface area contributed by atoms with E-state index < -0.39 is 0 Å². The van der Waals surface area contributed by atoms with Crippen molar-refractivity contribution in [3.63, 3.8) is 0 Å². The van der Waals surface area contributed by atoms with Crippen LogP contribution in [0.4, 0.5) is 0 Å². The highest BCUT2D eigenvalue weighted by Gasteiger charge is 1.86. The average Bonchev–Trinajstić information content (AvgIpc) is 1.99. The first kappa shape index (κ1) is 9.76. The molecule has 0 aliphatic carbocycles. The Morgan fingerprint density at radius 1 is 1.50 bits per heavy atom. The van der Waals surface area contributed by atoms with Crippen molar-refractivity contribution < 1.29 is 0 Å². The molecule has 0 amide bonds. The normalized spacial score (nSPS) is 14.0. The van der Waals surface area contributed by atoms with E-state index in [2.05, 4.69) is 24.2 Å². The first-order valence-corrected chi connectivity index (χ1v) is 4.34. The first-order chi connectivity index (χ1) is 4.70. The van der Waals surface area contributed by atoms with Gasteiger partial charge >= 0.3 is 0 Å². The molecule has 0 aliphatic rings. The summed E-state index contributed by atoms with van der Waals surface area (Å²) in [5.41, 5.74) is 1.41. The van der Waals surface area contributed by atoms with Crippen LogP contribution in [-0.2, 0) is 0 Å². The van der Waals surface area contributed by atoms with Crippen LogP contribution in [-0.4, -0.2) is 12.1 Å². The SMILES string of the molecule is CC/C(C)=C/SC(C)=NC. The molecule has 0 aromatic carbocycles. The van der Waals surface area contributed by atoms with Crippen LogP contribution in [0.25, 0.3) is 0 Å². The number of hydrogen-bond donors (Lipinski definition) is 0. The molecule has 0 atom stereocenters. The van der Waals surface area contributed by atoms with Crippen LogP contribution in [0.15, 0.2) is 16.0 Å². The third-order valence-corrected chi connectivity index (χ3v) is 2.35. The van der Waals surface area contributed by atoms with Gasteiger partial charge in [0.15, 0.2) is 0 Å². The molecule has 0 spiro atoms. The van der Waals surface area contributed by atoms with E-state index in [9.17, 15) is 0 Å². The van der Waals surface area contributed by atoms with Crippen molar-refractivity contribution in [1.29, 1.82) is 0 Å². The fraction of sp³-hybridized carbons (Fsp3) is 0.625. The van der Waals surface area contributed by atoms with Gasteiger partial charge in [-0.3, -0.25) is 4.99 Å². The van der Waals surface area contributed by atoms with E-state index in [1.807, 2.05) is 14.0 Å². The van der Waals surface area contributed by atoms with E-state index in [0.717, 1.165) is 11.5 Å². The van der Waals surface area contributed by atoms with Gasteiger partial charge in [-0.05, 0) is 25.7 Å². The monoisotopic (exact) mass is 157 g/mol. The molecule has 0 rings (SSSR count). The molecule has 1 nitrogen and oxygen atoms in total. The number of rotatable bonds is 2. The van der Waals surface area contributed by atoms with Gasteiger partial charge in [-0.1, -0.05) is 24.3 Å². The maximum atomic E-state index is 4.03. The number of aliphatic imine (C=N–C) groups is 1. The summed E-state index contributed by atoms with van der Waals surface area (Å²) in [7, 11) is 1.82. The van der Waals surface area contributed by atoms with Crippen LogP contribution in [0.2, 0.25) is 0 Å². The molecule has 0 heterocycles. The zero-order chi connectivity index (χ0) is 7.98. The zero-order valence-corrected chi connectivity index (χ0v) is 7.96. The van der Waals surface area contributed by atoms with E-state index in [1.54, 1.807) is 11.8 Å². The van der Waals surface area contributed by atoms with Gasteiger partial charge in [0.2, 0.25) is 0 Å². The van der Waals surface area contributed by atoms with Crippen molar-refractivity contribution in [1.82, 2.24) is 0 Å². The number of hydrogen-bond acceptors (Lipinski definition) is 2. The van der Waals surface area contributed by atoms with Crippen molar-refractivity contribution in [2.24, 2.45) is 4.99 Å². The Bertz CT molecular complexity index is 147. The predicted octanol–water partition coefficient (Wildman–Crippen LogP) is 3.08. The van der Waals surface area contributed by atoms with Crippen LogP contribution in [0.5, 0.6) is 0 Å². The molecule has 0 radical (unpaired) electrons. The largest absolute Gasteiger partial charge is 0.286 e. The molecule has 0 aromatic heterocycles. The van der Waals surface area contributed by atoms with E-state index in [1.165, 1.54) is 5.57 Å². The predicted molar refractivity (Wildman–Crippen MR) is 50.7 cm³/mol. The molecular formula is C8H15NS. The van der Waals surface area contributed by atoms with E-state index in [0.29, 0.717) is 0 Å². The summed E-state index contributed by atoms with van der Waals surface area (Å²) in [4.78, 5) is 4.03. The lowest BCUT2D eigenvalue weighted by Gasteiger charge is -1.94. The van der Waals surface area contributed by atoms with E-state index in [4.69, 9.17) is 0 Å². The number of allylic oxidation sites excluding steroid dienone is 1. The van der Waals surface area contributed by atoms with Gasteiger partial charge in [-0.25, -0.2) is 0 Å². The summed E-state index contributed by atoms with van der Waals surface area (Å²) >= 11 is 1.70. The van der Waals surface area contributed by atoms with Gasteiger partial charge in [0.05, 0.1) is 5.04 Å². The molecule has 0 fully saturated rings. The highest BCUT2D eigenvalue weighted by Crippen LogP contribution is 2.10. The Labute approximate surface area is 67.6 Å². The van der Waals surface area contributed by atoms with Crippen LogP contribution in [0, 0.1) is 0 Å². The minimum atomic E-state index is 1.12. The molecule has 0 saturated carbocycles. The quantitative estimate of drug-likeness (QED) is 0.443. The van der Waals surface area contributed by atoms with Gasteiger partial charge in [0.25, 0.3) is 0 Å². The Morgan fingerprint density at radius 3 is 2.50 bits per heavy atom. The molecule has 0 aromatic rings. The Hall–Kier alpha value is -0.240. The lowest BCUT2D eigenvalue weighted by atomic mass is 10.3. The lowest BCUT2D eigenvalue weighted by Crippen LogP contribution is -1.78. The van der Waals surface area contributed by atoms with Crippen molar-refractivity contribution >= 4 is 16.8 Å². The Balaban J connectivity index is 3.72. The van der Waals surface area contributed by atoms with Crippen LogP contribution in [0.1, 0.15) is 27.2 Å². The smallest absolute Gasteiger partial charge is 0.0683 e. The summed E-state index contributed by atoms with van der Waals surface area (Å²) in [6.07, 6.45) is 1.13. The van der Waals surface area contributed by atoms with Crippen molar-refractivity contribution in [2.45, 2.75) is 27.2 Å². The second-order valence-electron chi connectivity index (χ2n) is 2.18. The average molecular weight is 157 g/mol. The third-order valence-electron chi connectivity index (χ3n) is 1.30.